The van der Waals surface area contributed by atoms with E-state index in [0.717, 1.165) is 0 Å². The van der Waals surface area contributed by atoms with Crippen LogP contribution < -0.4 is 4.72 Å². The predicted octanol–water partition coefficient (Wildman–Crippen LogP) is 2.20. The zero-order valence-corrected chi connectivity index (χ0v) is 12.7. The van der Waals surface area contributed by atoms with Gasteiger partial charge in [-0.1, -0.05) is 0 Å². The van der Waals surface area contributed by atoms with Crippen molar-refractivity contribution < 1.29 is 12.8 Å². The fourth-order valence-corrected chi connectivity index (χ4v) is 3.36. The Morgan fingerprint density at radius 2 is 2.10 bits per heavy atom. The van der Waals surface area contributed by atoms with E-state index in [0.29, 0.717) is 22.8 Å². The molecule has 0 bridgehead atoms. The van der Waals surface area contributed by atoms with Gasteiger partial charge in [-0.2, -0.15) is 9.98 Å². The van der Waals surface area contributed by atoms with Crippen LogP contribution in [-0.4, -0.2) is 13.4 Å². The first-order valence-corrected chi connectivity index (χ1v) is 7.77. The molecule has 2 rings (SSSR count). The standard InChI is InChI=1S/C14H15N3O3S/c1-9-6-12(7-15)4-5-13(9)21(18,19)17-11(3)14-16-8-10(2)20-14/h4-6,8,11,17H,1-3H3. The maximum Gasteiger partial charge on any atom is 0.241 e. The Kier molecular flexibility index (Phi) is 4.11. The van der Waals surface area contributed by atoms with Crippen LogP contribution in [0.4, 0.5) is 0 Å². The number of hydrogen-bond donors (Lipinski definition) is 1. The number of aryl methyl sites for hydroxylation is 2. The molecular formula is C14H15N3O3S. The lowest BCUT2D eigenvalue weighted by molar-refractivity contribution is 0.427. The highest BCUT2D eigenvalue weighted by atomic mass is 32.2. The van der Waals surface area contributed by atoms with Crippen LogP contribution >= 0.6 is 0 Å². The van der Waals surface area contributed by atoms with Gasteiger partial charge in [0, 0.05) is 0 Å². The fraction of sp³-hybridized carbons (Fsp3) is 0.286. The van der Waals surface area contributed by atoms with Crippen molar-refractivity contribution in [2.45, 2.75) is 31.7 Å². The number of benzene rings is 1. The van der Waals surface area contributed by atoms with Crippen molar-refractivity contribution in [2.75, 3.05) is 0 Å². The average Bonchev–Trinajstić information content (AvgIpc) is 2.84. The van der Waals surface area contributed by atoms with E-state index in [9.17, 15) is 8.42 Å². The van der Waals surface area contributed by atoms with Crippen LogP contribution in [0, 0.1) is 25.2 Å². The van der Waals surface area contributed by atoms with Crippen LogP contribution in [0.3, 0.4) is 0 Å². The lowest BCUT2D eigenvalue weighted by Crippen LogP contribution is -2.27. The third-order valence-corrected chi connectivity index (χ3v) is 4.64. The summed E-state index contributed by atoms with van der Waals surface area (Å²) in [4.78, 5) is 4.14. The minimum Gasteiger partial charge on any atom is -0.444 e. The van der Waals surface area contributed by atoms with Crippen molar-refractivity contribution in [3.05, 3.63) is 47.2 Å². The molecule has 0 aliphatic heterocycles. The van der Waals surface area contributed by atoms with Gasteiger partial charge in [-0.3, -0.25) is 0 Å². The maximum absolute atomic E-state index is 12.4. The van der Waals surface area contributed by atoms with Crippen molar-refractivity contribution in [3.63, 3.8) is 0 Å². The minimum absolute atomic E-state index is 0.136. The van der Waals surface area contributed by atoms with Crippen molar-refractivity contribution >= 4 is 10.0 Å². The lowest BCUT2D eigenvalue weighted by Gasteiger charge is -2.13. The number of nitrogens with zero attached hydrogens (tertiary/aromatic N) is 2. The van der Waals surface area contributed by atoms with Crippen molar-refractivity contribution in [2.24, 2.45) is 0 Å². The van der Waals surface area contributed by atoms with E-state index >= 15 is 0 Å². The third kappa shape index (κ3) is 3.29. The second-order valence-corrected chi connectivity index (χ2v) is 6.43. The summed E-state index contributed by atoms with van der Waals surface area (Å²) in [6.45, 7) is 5.04. The van der Waals surface area contributed by atoms with Crippen LogP contribution in [-0.2, 0) is 10.0 Å². The fourth-order valence-electron chi connectivity index (χ4n) is 1.94. The number of aromatic nitrogens is 1. The molecule has 0 spiro atoms. The third-order valence-electron chi connectivity index (χ3n) is 2.94. The minimum atomic E-state index is -3.71. The lowest BCUT2D eigenvalue weighted by atomic mass is 10.2. The van der Waals surface area contributed by atoms with E-state index < -0.39 is 16.1 Å². The van der Waals surface area contributed by atoms with Gasteiger partial charge >= 0.3 is 0 Å². The quantitative estimate of drug-likeness (QED) is 0.934. The number of hydrogen-bond acceptors (Lipinski definition) is 5. The van der Waals surface area contributed by atoms with E-state index in [1.165, 1.54) is 24.4 Å². The number of rotatable bonds is 4. The molecule has 0 saturated carbocycles. The van der Waals surface area contributed by atoms with Gasteiger partial charge in [0.1, 0.15) is 5.76 Å². The molecule has 2 aromatic rings. The monoisotopic (exact) mass is 305 g/mol. The molecule has 0 amide bonds. The van der Waals surface area contributed by atoms with Crippen LogP contribution in [0.5, 0.6) is 0 Å². The van der Waals surface area contributed by atoms with Gasteiger partial charge in [-0.25, -0.2) is 13.4 Å². The largest absolute Gasteiger partial charge is 0.444 e. The van der Waals surface area contributed by atoms with Crippen LogP contribution in [0.1, 0.15) is 35.7 Å². The summed E-state index contributed by atoms with van der Waals surface area (Å²) in [6.07, 6.45) is 1.53. The van der Waals surface area contributed by atoms with Crippen LogP contribution in [0.15, 0.2) is 33.7 Å². The summed E-state index contributed by atoms with van der Waals surface area (Å²) in [5.41, 5.74) is 0.931. The zero-order chi connectivity index (χ0) is 15.6. The zero-order valence-electron chi connectivity index (χ0n) is 11.9. The molecule has 110 valence electrons. The number of nitriles is 1. The molecule has 0 fully saturated rings. The van der Waals surface area contributed by atoms with Gasteiger partial charge in [-0.05, 0) is 44.5 Å². The highest BCUT2D eigenvalue weighted by molar-refractivity contribution is 7.89. The van der Waals surface area contributed by atoms with E-state index in [-0.39, 0.29) is 4.90 Å². The molecule has 0 saturated heterocycles. The molecular weight excluding hydrogens is 290 g/mol. The first-order valence-electron chi connectivity index (χ1n) is 6.29. The molecule has 7 heteroatoms. The van der Waals surface area contributed by atoms with E-state index in [4.69, 9.17) is 9.68 Å². The van der Waals surface area contributed by atoms with Gasteiger partial charge < -0.3 is 4.42 Å². The van der Waals surface area contributed by atoms with E-state index in [1.54, 1.807) is 20.8 Å². The number of sulfonamides is 1. The highest BCUT2D eigenvalue weighted by Gasteiger charge is 2.22. The number of oxazole rings is 1. The average molecular weight is 305 g/mol. The predicted molar refractivity (Wildman–Crippen MR) is 75.9 cm³/mol. The highest BCUT2D eigenvalue weighted by Crippen LogP contribution is 2.20. The second-order valence-electron chi connectivity index (χ2n) is 4.74. The molecule has 0 aliphatic carbocycles. The summed E-state index contributed by atoms with van der Waals surface area (Å²) in [5, 5.41) is 8.82. The summed E-state index contributed by atoms with van der Waals surface area (Å²) in [6, 6.07) is 5.82. The van der Waals surface area contributed by atoms with Gasteiger partial charge in [0.15, 0.2) is 0 Å². The molecule has 1 heterocycles. The Morgan fingerprint density at radius 3 is 2.62 bits per heavy atom. The second kappa shape index (κ2) is 5.68. The Morgan fingerprint density at radius 1 is 1.38 bits per heavy atom. The Balaban J connectivity index is 2.28. The maximum atomic E-state index is 12.4. The Hall–Kier alpha value is -2.17. The molecule has 1 aromatic carbocycles. The van der Waals surface area contributed by atoms with E-state index in [1.807, 2.05) is 6.07 Å². The molecule has 0 aliphatic rings. The van der Waals surface area contributed by atoms with Crippen LogP contribution in [0.2, 0.25) is 0 Å². The number of nitrogens with one attached hydrogen (secondary N) is 1. The molecule has 0 radical (unpaired) electrons. The summed E-state index contributed by atoms with van der Waals surface area (Å²) < 4.78 is 32.6. The smallest absolute Gasteiger partial charge is 0.241 e. The van der Waals surface area contributed by atoms with Crippen molar-refractivity contribution in [1.29, 1.82) is 5.26 Å². The molecule has 6 nitrogen and oxygen atoms in total. The molecule has 21 heavy (non-hydrogen) atoms. The molecule has 1 unspecified atom stereocenters. The van der Waals surface area contributed by atoms with Gasteiger partial charge in [0.2, 0.25) is 15.9 Å². The van der Waals surface area contributed by atoms with Gasteiger partial charge in [0.05, 0.1) is 28.8 Å². The SMILES string of the molecule is Cc1cnc(C(C)NS(=O)(=O)c2ccc(C#N)cc2C)o1. The summed E-state index contributed by atoms with van der Waals surface area (Å²) >= 11 is 0. The summed E-state index contributed by atoms with van der Waals surface area (Å²) in [5.74, 6) is 0.924. The Labute approximate surface area is 123 Å². The molecule has 1 atom stereocenters. The first kappa shape index (κ1) is 15.2. The summed E-state index contributed by atoms with van der Waals surface area (Å²) in [7, 11) is -3.71. The molecule has 1 N–H and O–H groups in total. The van der Waals surface area contributed by atoms with Crippen molar-refractivity contribution in [3.8, 4) is 6.07 Å². The Bertz CT molecular complexity index is 803. The topological polar surface area (TPSA) is 96.0 Å². The van der Waals surface area contributed by atoms with Crippen molar-refractivity contribution in [1.82, 2.24) is 9.71 Å². The van der Waals surface area contributed by atoms with Gasteiger partial charge in [-0.15, -0.1) is 0 Å². The van der Waals surface area contributed by atoms with Crippen LogP contribution in [0.25, 0.3) is 0 Å². The normalized spacial score (nSPS) is 12.9. The first-order chi connectivity index (χ1) is 9.83. The van der Waals surface area contributed by atoms with E-state index in [2.05, 4.69) is 9.71 Å². The molecule has 1 aromatic heterocycles. The van der Waals surface area contributed by atoms with Gasteiger partial charge in [0.25, 0.3) is 0 Å².